The zero-order valence-corrected chi connectivity index (χ0v) is 10.3. The maximum atomic E-state index is 11.6. The molecule has 2 atom stereocenters. The van der Waals surface area contributed by atoms with Gasteiger partial charge in [-0.05, 0) is 0 Å². The summed E-state index contributed by atoms with van der Waals surface area (Å²) >= 11 is 1.22. The molecule has 0 saturated heterocycles. The van der Waals surface area contributed by atoms with Crippen LogP contribution >= 0.6 is 11.8 Å². The van der Waals surface area contributed by atoms with Crippen LogP contribution in [-0.4, -0.2) is 33.6 Å². The lowest BCUT2D eigenvalue weighted by Crippen LogP contribution is -2.34. The van der Waals surface area contributed by atoms with E-state index in [0.29, 0.717) is 12.8 Å². The van der Waals surface area contributed by atoms with E-state index in [9.17, 15) is 19.2 Å². The second-order valence-corrected chi connectivity index (χ2v) is 5.94. The van der Waals surface area contributed by atoms with E-state index in [4.69, 9.17) is 0 Å². The maximum Gasteiger partial charge on any atom is 0.146 e. The van der Waals surface area contributed by atoms with Crippen molar-refractivity contribution in [3.05, 3.63) is 0 Å². The van der Waals surface area contributed by atoms with E-state index in [1.165, 1.54) is 11.8 Å². The molecule has 92 valence electrons. The van der Waals surface area contributed by atoms with Gasteiger partial charge in [-0.2, -0.15) is 0 Å². The third-order valence-corrected chi connectivity index (χ3v) is 4.69. The van der Waals surface area contributed by atoms with E-state index in [2.05, 4.69) is 0 Å². The predicted octanol–water partition coefficient (Wildman–Crippen LogP) is 1.10. The molecule has 2 unspecified atom stereocenters. The van der Waals surface area contributed by atoms with Gasteiger partial charge in [0.15, 0.2) is 0 Å². The van der Waals surface area contributed by atoms with Crippen LogP contribution in [-0.2, 0) is 19.2 Å². The molecular formula is C12H14O4S. The molecule has 0 spiro atoms. The van der Waals surface area contributed by atoms with Gasteiger partial charge in [0, 0.05) is 38.5 Å². The highest BCUT2D eigenvalue weighted by atomic mass is 32.2. The molecule has 2 aliphatic rings. The van der Waals surface area contributed by atoms with E-state index < -0.39 is 10.5 Å². The van der Waals surface area contributed by atoms with Gasteiger partial charge in [-0.1, -0.05) is 0 Å². The Morgan fingerprint density at radius 3 is 1.53 bits per heavy atom. The molecule has 2 aliphatic carbocycles. The van der Waals surface area contributed by atoms with Gasteiger partial charge < -0.3 is 0 Å². The molecule has 2 rings (SSSR count). The highest BCUT2D eigenvalue weighted by Gasteiger charge is 2.35. The van der Waals surface area contributed by atoms with Gasteiger partial charge in [0.1, 0.15) is 23.1 Å². The largest absolute Gasteiger partial charge is 0.300 e. The summed E-state index contributed by atoms with van der Waals surface area (Å²) in [6, 6.07) is 0. The Hall–Kier alpha value is -0.970. The van der Waals surface area contributed by atoms with Crippen LogP contribution in [0.2, 0.25) is 0 Å². The summed E-state index contributed by atoms with van der Waals surface area (Å²) in [5.74, 6) is 0.245. The standard InChI is InChI=1S/C12H14O4S/c13-7-1-3-9(15)11(5-7)17-12-6-8(14)2-4-10(12)16/h11-12H,1-6H2. The minimum Gasteiger partial charge on any atom is -0.300 e. The lowest BCUT2D eigenvalue weighted by molar-refractivity contribution is -0.129. The molecule has 0 heterocycles. The van der Waals surface area contributed by atoms with Gasteiger partial charge in [0.2, 0.25) is 0 Å². The van der Waals surface area contributed by atoms with Crippen LogP contribution in [0, 0.1) is 0 Å². The Kier molecular flexibility index (Phi) is 3.76. The highest BCUT2D eigenvalue weighted by molar-refractivity contribution is 8.02. The van der Waals surface area contributed by atoms with Gasteiger partial charge in [-0.3, -0.25) is 19.2 Å². The first kappa shape index (κ1) is 12.5. The third-order valence-electron chi connectivity index (χ3n) is 3.17. The van der Waals surface area contributed by atoms with Crippen molar-refractivity contribution < 1.29 is 19.2 Å². The minimum atomic E-state index is -0.406. The normalized spacial score (nSPS) is 30.8. The van der Waals surface area contributed by atoms with Gasteiger partial charge in [-0.15, -0.1) is 11.8 Å². The molecule has 0 radical (unpaired) electrons. The summed E-state index contributed by atoms with van der Waals surface area (Å²) in [7, 11) is 0. The summed E-state index contributed by atoms with van der Waals surface area (Å²) in [6.45, 7) is 0. The van der Waals surface area contributed by atoms with Crippen molar-refractivity contribution in [3.63, 3.8) is 0 Å². The summed E-state index contributed by atoms with van der Waals surface area (Å²) in [4.78, 5) is 45.8. The number of hydrogen-bond donors (Lipinski definition) is 0. The smallest absolute Gasteiger partial charge is 0.146 e. The van der Waals surface area contributed by atoms with Crippen LogP contribution < -0.4 is 0 Å². The van der Waals surface area contributed by atoms with Crippen molar-refractivity contribution >= 4 is 34.9 Å². The molecule has 0 aliphatic heterocycles. The Labute approximate surface area is 104 Å². The van der Waals surface area contributed by atoms with Gasteiger partial charge in [0.05, 0.1) is 10.5 Å². The number of rotatable bonds is 2. The van der Waals surface area contributed by atoms with Gasteiger partial charge in [0.25, 0.3) is 0 Å². The van der Waals surface area contributed by atoms with Crippen LogP contribution in [0.3, 0.4) is 0 Å². The fourth-order valence-electron chi connectivity index (χ4n) is 2.14. The van der Waals surface area contributed by atoms with Crippen molar-refractivity contribution in [2.75, 3.05) is 0 Å². The molecule has 0 aromatic rings. The zero-order chi connectivity index (χ0) is 12.4. The molecule has 5 heteroatoms. The average Bonchev–Trinajstić information content (AvgIpc) is 2.28. The Morgan fingerprint density at radius 2 is 1.12 bits per heavy atom. The van der Waals surface area contributed by atoms with E-state index in [0.717, 1.165) is 0 Å². The minimum absolute atomic E-state index is 0.0421. The fourth-order valence-corrected chi connectivity index (χ4v) is 3.64. The average molecular weight is 254 g/mol. The number of carbonyl (C=O) groups is 4. The summed E-state index contributed by atoms with van der Waals surface area (Å²) in [6.07, 6.45) is 1.67. The monoisotopic (exact) mass is 254 g/mol. The molecule has 2 saturated carbocycles. The van der Waals surface area contributed by atoms with Crippen LogP contribution in [0.25, 0.3) is 0 Å². The Bertz CT molecular complexity index is 352. The number of carbonyl (C=O) groups excluding carboxylic acids is 4. The number of thioether (sulfide) groups is 1. The molecule has 0 N–H and O–H groups in total. The van der Waals surface area contributed by atoms with E-state index >= 15 is 0 Å². The van der Waals surface area contributed by atoms with Gasteiger partial charge in [-0.25, -0.2) is 0 Å². The zero-order valence-electron chi connectivity index (χ0n) is 9.44. The topological polar surface area (TPSA) is 68.3 Å². The quantitative estimate of drug-likeness (QED) is 0.738. The summed E-state index contributed by atoms with van der Waals surface area (Å²) < 4.78 is 0. The van der Waals surface area contributed by atoms with E-state index in [-0.39, 0.29) is 48.8 Å². The second kappa shape index (κ2) is 5.12. The number of hydrogen-bond acceptors (Lipinski definition) is 5. The molecule has 0 amide bonds. The molecule has 0 aromatic heterocycles. The molecule has 4 nitrogen and oxygen atoms in total. The third kappa shape index (κ3) is 3.03. The first-order valence-electron chi connectivity index (χ1n) is 5.80. The van der Waals surface area contributed by atoms with Crippen molar-refractivity contribution in [3.8, 4) is 0 Å². The van der Waals surface area contributed by atoms with Crippen LogP contribution in [0.4, 0.5) is 0 Å². The lowest BCUT2D eigenvalue weighted by Gasteiger charge is -2.25. The second-order valence-electron chi connectivity index (χ2n) is 4.53. The molecule has 2 fully saturated rings. The van der Waals surface area contributed by atoms with Crippen LogP contribution in [0.1, 0.15) is 38.5 Å². The van der Waals surface area contributed by atoms with Gasteiger partial charge >= 0.3 is 0 Å². The fraction of sp³-hybridized carbons (Fsp3) is 0.667. The Balaban J connectivity index is 1.98. The SMILES string of the molecule is O=C1CCC(=O)C(SC2CC(=O)CCC2=O)C1. The first-order valence-corrected chi connectivity index (χ1v) is 6.75. The maximum absolute atomic E-state index is 11.6. The number of ketones is 4. The Morgan fingerprint density at radius 1 is 0.706 bits per heavy atom. The predicted molar refractivity (Wildman–Crippen MR) is 62.9 cm³/mol. The van der Waals surface area contributed by atoms with Crippen LogP contribution in [0.5, 0.6) is 0 Å². The molecule has 0 bridgehead atoms. The summed E-state index contributed by atoms with van der Waals surface area (Å²) in [5.41, 5.74) is 0. The van der Waals surface area contributed by atoms with Crippen LogP contribution in [0.15, 0.2) is 0 Å². The lowest BCUT2D eigenvalue weighted by atomic mass is 9.97. The molecule has 0 aromatic carbocycles. The first-order chi connectivity index (χ1) is 8.06. The molecule has 17 heavy (non-hydrogen) atoms. The van der Waals surface area contributed by atoms with E-state index in [1.54, 1.807) is 0 Å². The molecular weight excluding hydrogens is 240 g/mol. The summed E-state index contributed by atoms with van der Waals surface area (Å²) in [5, 5.41) is -0.813. The van der Waals surface area contributed by atoms with Crippen molar-refractivity contribution in [1.29, 1.82) is 0 Å². The highest BCUT2D eigenvalue weighted by Crippen LogP contribution is 2.32. The van der Waals surface area contributed by atoms with E-state index in [1.807, 2.05) is 0 Å². The van der Waals surface area contributed by atoms with Crippen molar-refractivity contribution in [2.24, 2.45) is 0 Å². The van der Waals surface area contributed by atoms with Crippen molar-refractivity contribution in [2.45, 2.75) is 49.0 Å². The van der Waals surface area contributed by atoms with Crippen molar-refractivity contribution in [1.82, 2.24) is 0 Å². The number of Topliss-reactive ketones (excluding diaryl/α,β-unsaturated/α-hetero) is 4.